The normalized spacial score (nSPS) is 16.7. The molecule has 1 aromatic carbocycles. The zero-order valence-electron chi connectivity index (χ0n) is 12.8. The monoisotopic (exact) mass is 344 g/mol. The summed E-state index contributed by atoms with van der Waals surface area (Å²) in [4.78, 5) is 14.6. The predicted octanol–water partition coefficient (Wildman–Crippen LogP) is 3.08. The van der Waals surface area contributed by atoms with Gasteiger partial charge in [0.25, 0.3) is 5.91 Å². The molecule has 1 amide bonds. The number of nitrogens with one attached hydrogen (secondary N) is 1. The minimum Gasteiger partial charge on any atom is -0.383 e. The largest absolute Gasteiger partial charge is 0.383 e. The standard InChI is InChI=1S/C16H22Cl2N2O2/c1-22-9-8-20-6-4-12(5-7-20)11-19-16(21)14-10-13(17)2-3-15(14)18/h2-3,10,12H,4-9,11H2,1H3,(H,19,21). The molecule has 0 saturated carbocycles. The average Bonchev–Trinajstić information content (AvgIpc) is 2.54. The lowest BCUT2D eigenvalue weighted by molar-refractivity contribution is 0.0926. The molecule has 0 bridgehead atoms. The molecule has 1 aromatic rings. The number of hydrogen-bond acceptors (Lipinski definition) is 3. The van der Waals surface area contributed by atoms with Crippen LogP contribution in [0.4, 0.5) is 0 Å². The van der Waals surface area contributed by atoms with Gasteiger partial charge in [0, 0.05) is 25.2 Å². The van der Waals surface area contributed by atoms with Crippen molar-refractivity contribution in [2.75, 3.05) is 39.9 Å². The highest BCUT2D eigenvalue weighted by Crippen LogP contribution is 2.21. The molecule has 0 aliphatic carbocycles. The van der Waals surface area contributed by atoms with E-state index < -0.39 is 0 Å². The second-order valence-electron chi connectivity index (χ2n) is 5.61. The van der Waals surface area contributed by atoms with E-state index in [2.05, 4.69) is 10.2 Å². The second kappa shape index (κ2) is 8.73. The van der Waals surface area contributed by atoms with E-state index in [-0.39, 0.29) is 5.91 Å². The number of likely N-dealkylation sites (tertiary alicyclic amines) is 1. The Labute approximate surface area is 141 Å². The second-order valence-corrected chi connectivity index (χ2v) is 6.46. The van der Waals surface area contributed by atoms with Crippen LogP contribution in [0.2, 0.25) is 10.0 Å². The molecular weight excluding hydrogens is 323 g/mol. The van der Waals surface area contributed by atoms with Crippen molar-refractivity contribution in [3.63, 3.8) is 0 Å². The van der Waals surface area contributed by atoms with E-state index >= 15 is 0 Å². The van der Waals surface area contributed by atoms with Gasteiger partial charge in [-0.15, -0.1) is 0 Å². The number of piperidine rings is 1. The van der Waals surface area contributed by atoms with Gasteiger partial charge in [0.1, 0.15) is 0 Å². The molecule has 22 heavy (non-hydrogen) atoms. The lowest BCUT2D eigenvalue weighted by atomic mass is 9.96. The molecule has 0 atom stereocenters. The third-order valence-corrected chi connectivity index (χ3v) is 4.61. The van der Waals surface area contributed by atoms with Crippen molar-refractivity contribution in [2.45, 2.75) is 12.8 Å². The molecule has 0 unspecified atom stereocenters. The van der Waals surface area contributed by atoms with E-state index in [9.17, 15) is 4.79 Å². The van der Waals surface area contributed by atoms with Crippen molar-refractivity contribution in [1.82, 2.24) is 10.2 Å². The topological polar surface area (TPSA) is 41.6 Å². The molecule has 1 fully saturated rings. The van der Waals surface area contributed by atoms with E-state index in [4.69, 9.17) is 27.9 Å². The highest BCUT2D eigenvalue weighted by molar-refractivity contribution is 6.35. The van der Waals surface area contributed by atoms with Crippen molar-refractivity contribution < 1.29 is 9.53 Å². The fraction of sp³-hybridized carbons (Fsp3) is 0.562. The number of amides is 1. The highest BCUT2D eigenvalue weighted by atomic mass is 35.5. The minimum atomic E-state index is -0.158. The summed E-state index contributed by atoms with van der Waals surface area (Å²) in [5.74, 6) is 0.356. The Kier molecular flexibility index (Phi) is 6.96. The molecule has 0 radical (unpaired) electrons. The molecule has 122 valence electrons. The maximum atomic E-state index is 12.2. The van der Waals surface area contributed by atoms with Crippen LogP contribution < -0.4 is 5.32 Å². The van der Waals surface area contributed by atoms with E-state index in [0.29, 0.717) is 28.1 Å². The van der Waals surface area contributed by atoms with Gasteiger partial charge in [0.05, 0.1) is 17.2 Å². The van der Waals surface area contributed by atoms with Gasteiger partial charge in [0.2, 0.25) is 0 Å². The Balaban J connectivity index is 1.77. The zero-order chi connectivity index (χ0) is 15.9. The first-order valence-electron chi connectivity index (χ1n) is 7.54. The molecule has 2 rings (SSSR count). The van der Waals surface area contributed by atoms with Gasteiger partial charge >= 0.3 is 0 Å². The van der Waals surface area contributed by atoms with Gasteiger partial charge in [-0.25, -0.2) is 0 Å². The number of methoxy groups -OCH3 is 1. The summed E-state index contributed by atoms with van der Waals surface area (Å²) in [6, 6.07) is 4.93. The molecule has 6 heteroatoms. The summed E-state index contributed by atoms with van der Waals surface area (Å²) < 4.78 is 5.10. The van der Waals surface area contributed by atoms with Crippen LogP contribution in [0.1, 0.15) is 23.2 Å². The van der Waals surface area contributed by atoms with Crippen LogP contribution in [0.5, 0.6) is 0 Å². The maximum Gasteiger partial charge on any atom is 0.252 e. The number of benzene rings is 1. The smallest absolute Gasteiger partial charge is 0.252 e. The quantitative estimate of drug-likeness (QED) is 0.862. The number of nitrogens with zero attached hydrogens (tertiary/aromatic N) is 1. The summed E-state index contributed by atoms with van der Waals surface area (Å²) in [7, 11) is 1.73. The van der Waals surface area contributed by atoms with Crippen molar-refractivity contribution in [2.24, 2.45) is 5.92 Å². The zero-order valence-corrected chi connectivity index (χ0v) is 14.3. The lowest BCUT2D eigenvalue weighted by Gasteiger charge is -2.31. The summed E-state index contributed by atoms with van der Waals surface area (Å²) in [6.45, 7) is 4.55. The first-order chi connectivity index (χ1) is 10.6. The van der Waals surface area contributed by atoms with Gasteiger partial charge in [-0.3, -0.25) is 4.79 Å². The molecule has 1 heterocycles. The third kappa shape index (κ3) is 5.13. The minimum absolute atomic E-state index is 0.158. The molecule has 1 saturated heterocycles. The Hall–Kier alpha value is -0.810. The van der Waals surface area contributed by atoms with Crippen LogP contribution in [0.3, 0.4) is 0 Å². The van der Waals surface area contributed by atoms with Gasteiger partial charge in [0.15, 0.2) is 0 Å². The van der Waals surface area contributed by atoms with Crippen LogP contribution in [-0.2, 0) is 4.74 Å². The van der Waals surface area contributed by atoms with Crippen molar-refractivity contribution in [1.29, 1.82) is 0 Å². The molecule has 0 aromatic heterocycles. The molecule has 1 aliphatic heterocycles. The fourth-order valence-electron chi connectivity index (χ4n) is 2.64. The number of hydrogen-bond donors (Lipinski definition) is 1. The SMILES string of the molecule is COCCN1CCC(CNC(=O)c2cc(Cl)ccc2Cl)CC1. The van der Waals surface area contributed by atoms with Crippen LogP contribution in [-0.4, -0.2) is 50.7 Å². The van der Waals surface area contributed by atoms with Crippen molar-refractivity contribution in [3.05, 3.63) is 33.8 Å². The Morgan fingerprint density at radius 1 is 1.36 bits per heavy atom. The van der Waals surface area contributed by atoms with Gasteiger partial charge < -0.3 is 15.0 Å². The van der Waals surface area contributed by atoms with E-state index in [1.54, 1.807) is 25.3 Å². The molecular formula is C16H22Cl2N2O2. The molecule has 1 N–H and O–H groups in total. The van der Waals surface area contributed by atoms with E-state index in [1.807, 2.05) is 0 Å². The van der Waals surface area contributed by atoms with Gasteiger partial charge in [-0.05, 0) is 50.0 Å². The average molecular weight is 345 g/mol. The first-order valence-corrected chi connectivity index (χ1v) is 8.30. The maximum absolute atomic E-state index is 12.2. The van der Waals surface area contributed by atoms with Gasteiger partial charge in [-0.2, -0.15) is 0 Å². The number of carbonyl (C=O) groups excluding carboxylic acids is 1. The lowest BCUT2D eigenvalue weighted by Crippen LogP contribution is -2.39. The summed E-state index contributed by atoms with van der Waals surface area (Å²) in [6.07, 6.45) is 2.18. The van der Waals surface area contributed by atoms with E-state index in [1.165, 1.54) is 0 Å². The van der Waals surface area contributed by atoms with Crippen molar-refractivity contribution >= 4 is 29.1 Å². The number of halogens is 2. The van der Waals surface area contributed by atoms with Crippen molar-refractivity contribution in [3.8, 4) is 0 Å². The van der Waals surface area contributed by atoms with Crippen LogP contribution in [0, 0.1) is 5.92 Å². The number of ether oxygens (including phenoxy) is 1. The van der Waals surface area contributed by atoms with Crippen LogP contribution in [0.25, 0.3) is 0 Å². The predicted molar refractivity (Wildman–Crippen MR) is 89.8 cm³/mol. The summed E-state index contributed by atoms with van der Waals surface area (Å²) in [5, 5.41) is 3.91. The highest BCUT2D eigenvalue weighted by Gasteiger charge is 2.20. The Morgan fingerprint density at radius 3 is 2.77 bits per heavy atom. The summed E-state index contributed by atoms with van der Waals surface area (Å²) >= 11 is 12.0. The molecule has 0 spiro atoms. The molecule has 1 aliphatic rings. The number of carbonyl (C=O) groups is 1. The third-order valence-electron chi connectivity index (χ3n) is 4.04. The Bertz CT molecular complexity index is 503. The molecule has 4 nitrogen and oxygen atoms in total. The van der Waals surface area contributed by atoms with Crippen LogP contribution in [0.15, 0.2) is 18.2 Å². The van der Waals surface area contributed by atoms with E-state index in [0.717, 1.165) is 39.1 Å². The van der Waals surface area contributed by atoms with Gasteiger partial charge in [-0.1, -0.05) is 23.2 Å². The number of rotatable bonds is 6. The summed E-state index contributed by atoms with van der Waals surface area (Å²) in [5.41, 5.74) is 0.437. The fourth-order valence-corrected chi connectivity index (χ4v) is 3.01. The first kappa shape index (κ1) is 17.5. The van der Waals surface area contributed by atoms with Crippen LogP contribution >= 0.6 is 23.2 Å². The Morgan fingerprint density at radius 2 is 2.09 bits per heavy atom.